The average Bonchev–Trinajstić information content (AvgIpc) is 3.17. The van der Waals surface area contributed by atoms with Crippen molar-refractivity contribution in [1.29, 1.82) is 0 Å². The highest BCUT2D eigenvalue weighted by atomic mass is 15.3. The predicted octanol–water partition coefficient (Wildman–Crippen LogP) is 4.40. The third-order valence-electron chi connectivity index (χ3n) is 4.63. The molecule has 0 bridgehead atoms. The van der Waals surface area contributed by atoms with Gasteiger partial charge in [-0.1, -0.05) is 42.5 Å². The Hall–Kier alpha value is -2.62. The van der Waals surface area contributed by atoms with Gasteiger partial charge in [0, 0.05) is 24.5 Å². The number of hydrogen-bond donors (Lipinski definition) is 1. The van der Waals surface area contributed by atoms with Gasteiger partial charge in [0.15, 0.2) is 0 Å². The zero-order valence-corrected chi connectivity index (χ0v) is 13.9. The number of aromatic nitrogens is 2. The molecule has 0 unspecified atom stereocenters. The van der Waals surface area contributed by atoms with E-state index in [9.17, 15) is 0 Å². The highest BCUT2D eigenvalue weighted by Gasteiger charge is 2.18. The summed E-state index contributed by atoms with van der Waals surface area (Å²) < 4.78 is 0. The Labute approximate surface area is 142 Å². The first-order valence-electron chi connectivity index (χ1n) is 8.64. The first kappa shape index (κ1) is 14.9. The maximum atomic E-state index is 4.85. The fraction of sp³-hybridized carbons (Fsp3) is 0.300. The number of hydrogen-bond acceptors (Lipinski definition) is 4. The Morgan fingerprint density at radius 3 is 2.42 bits per heavy atom. The van der Waals surface area contributed by atoms with Crippen LogP contribution in [0, 0.1) is 0 Å². The average molecular weight is 318 g/mol. The van der Waals surface area contributed by atoms with Crippen LogP contribution in [0.2, 0.25) is 0 Å². The molecule has 24 heavy (non-hydrogen) atoms. The Kier molecular flexibility index (Phi) is 4.03. The van der Waals surface area contributed by atoms with E-state index in [4.69, 9.17) is 9.97 Å². The van der Waals surface area contributed by atoms with E-state index < -0.39 is 0 Å². The van der Waals surface area contributed by atoms with Crippen LogP contribution in [0.4, 0.5) is 11.8 Å². The molecule has 1 N–H and O–H groups in total. The molecule has 4 heteroatoms. The van der Waals surface area contributed by atoms with Gasteiger partial charge in [-0.3, -0.25) is 0 Å². The summed E-state index contributed by atoms with van der Waals surface area (Å²) in [6, 6.07) is 18.9. The first-order valence-corrected chi connectivity index (χ1v) is 8.64. The Bertz CT molecular complexity index is 825. The minimum Gasteiger partial charge on any atom is -0.363 e. The summed E-state index contributed by atoms with van der Waals surface area (Å²) in [6.07, 6.45) is 2.44. The van der Waals surface area contributed by atoms with Crippen LogP contribution in [0.3, 0.4) is 0 Å². The molecule has 0 spiro atoms. The third-order valence-corrected chi connectivity index (χ3v) is 4.63. The van der Waals surface area contributed by atoms with Crippen molar-refractivity contribution in [3.63, 3.8) is 0 Å². The van der Waals surface area contributed by atoms with Crippen LogP contribution in [-0.4, -0.2) is 23.1 Å². The van der Waals surface area contributed by atoms with Gasteiger partial charge in [0.05, 0.1) is 5.52 Å². The molecule has 0 saturated carbocycles. The molecular formula is C20H22N4. The summed E-state index contributed by atoms with van der Waals surface area (Å²) in [7, 11) is 0. The van der Waals surface area contributed by atoms with Crippen molar-refractivity contribution in [1.82, 2.24) is 9.97 Å². The van der Waals surface area contributed by atoms with E-state index >= 15 is 0 Å². The highest BCUT2D eigenvalue weighted by molar-refractivity contribution is 5.90. The molecule has 0 amide bonds. The molecule has 0 radical (unpaired) electrons. The number of para-hydroxylation sites is 1. The molecule has 1 fully saturated rings. The van der Waals surface area contributed by atoms with Gasteiger partial charge in [-0.05, 0) is 37.5 Å². The third kappa shape index (κ3) is 2.92. The van der Waals surface area contributed by atoms with Crippen LogP contribution in [0.5, 0.6) is 0 Å². The van der Waals surface area contributed by atoms with Crippen LogP contribution in [0.15, 0.2) is 54.6 Å². The van der Waals surface area contributed by atoms with E-state index in [-0.39, 0.29) is 6.04 Å². The SMILES string of the molecule is C[C@@H](Nc1nc(N2CCCC2)nc2ccccc12)c1ccccc1. The van der Waals surface area contributed by atoms with Crippen molar-refractivity contribution in [2.45, 2.75) is 25.8 Å². The molecular weight excluding hydrogens is 296 g/mol. The van der Waals surface area contributed by atoms with E-state index in [0.717, 1.165) is 35.8 Å². The Balaban J connectivity index is 1.72. The molecule has 2 aromatic carbocycles. The van der Waals surface area contributed by atoms with Crippen molar-refractivity contribution in [2.75, 3.05) is 23.3 Å². The van der Waals surface area contributed by atoms with E-state index in [1.54, 1.807) is 0 Å². The van der Waals surface area contributed by atoms with Gasteiger partial charge in [-0.15, -0.1) is 0 Å². The summed E-state index contributed by atoms with van der Waals surface area (Å²) in [5.74, 6) is 1.76. The summed E-state index contributed by atoms with van der Waals surface area (Å²) in [5.41, 5.74) is 2.25. The zero-order valence-electron chi connectivity index (χ0n) is 13.9. The lowest BCUT2D eigenvalue weighted by atomic mass is 10.1. The highest BCUT2D eigenvalue weighted by Crippen LogP contribution is 2.28. The molecule has 1 aliphatic heterocycles. The molecule has 1 atom stereocenters. The van der Waals surface area contributed by atoms with Gasteiger partial charge in [-0.2, -0.15) is 4.98 Å². The first-order chi connectivity index (χ1) is 11.8. The van der Waals surface area contributed by atoms with E-state index in [1.165, 1.54) is 18.4 Å². The van der Waals surface area contributed by atoms with Gasteiger partial charge < -0.3 is 10.2 Å². The lowest BCUT2D eigenvalue weighted by Gasteiger charge is -2.20. The molecule has 0 aliphatic carbocycles. The summed E-state index contributed by atoms with van der Waals surface area (Å²) in [4.78, 5) is 11.9. The van der Waals surface area contributed by atoms with Crippen molar-refractivity contribution < 1.29 is 0 Å². The minimum absolute atomic E-state index is 0.191. The van der Waals surface area contributed by atoms with Crippen LogP contribution in [-0.2, 0) is 0 Å². The smallest absolute Gasteiger partial charge is 0.227 e. The molecule has 3 aromatic rings. The molecule has 1 aliphatic rings. The molecule has 4 rings (SSSR count). The number of anilines is 2. The van der Waals surface area contributed by atoms with Gasteiger partial charge in [0.1, 0.15) is 5.82 Å². The second kappa shape index (κ2) is 6.48. The molecule has 122 valence electrons. The quantitative estimate of drug-likeness (QED) is 0.774. The van der Waals surface area contributed by atoms with Crippen molar-refractivity contribution in [3.05, 3.63) is 60.2 Å². The van der Waals surface area contributed by atoms with Crippen molar-refractivity contribution >= 4 is 22.7 Å². The van der Waals surface area contributed by atoms with E-state index in [2.05, 4.69) is 53.5 Å². The van der Waals surface area contributed by atoms with Crippen LogP contribution in [0.1, 0.15) is 31.4 Å². The topological polar surface area (TPSA) is 41.1 Å². The van der Waals surface area contributed by atoms with Crippen LogP contribution >= 0.6 is 0 Å². The molecule has 4 nitrogen and oxygen atoms in total. The van der Waals surface area contributed by atoms with E-state index in [0.29, 0.717) is 0 Å². The number of nitrogens with one attached hydrogen (secondary N) is 1. The lowest BCUT2D eigenvalue weighted by Crippen LogP contribution is -2.21. The predicted molar refractivity (Wildman–Crippen MR) is 99.5 cm³/mol. The van der Waals surface area contributed by atoms with E-state index in [1.807, 2.05) is 18.2 Å². The fourth-order valence-electron chi connectivity index (χ4n) is 3.26. The van der Waals surface area contributed by atoms with Gasteiger partial charge >= 0.3 is 0 Å². The maximum Gasteiger partial charge on any atom is 0.227 e. The largest absolute Gasteiger partial charge is 0.363 e. The van der Waals surface area contributed by atoms with Gasteiger partial charge in [0.2, 0.25) is 5.95 Å². The fourth-order valence-corrected chi connectivity index (χ4v) is 3.26. The molecule has 1 aromatic heterocycles. The Morgan fingerprint density at radius 2 is 1.62 bits per heavy atom. The van der Waals surface area contributed by atoms with Gasteiger partial charge in [-0.25, -0.2) is 4.98 Å². The second-order valence-electron chi connectivity index (χ2n) is 6.36. The standard InChI is InChI=1S/C20H22N4/c1-15(16-9-3-2-4-10-16)21-19-17-11-5-6-12-18(17)22-20(23-19)24-13-7-8-14-24/h2-6,9-12,15H,7-8,13-14H2,1H3,(H,21,22,23)/t15-/m1/s1. The number of benzene rings is 2. The lowest BCUT2D eigenvalue weighted by molar-refractivity contribution is 0.863. The van der Waals surface area contributed by atoms with Crippen molar-refractivity contribution in [3.8, 4) is 0 Å². The van der Waals surface area contributed by atoms with Crippen LogP contribution < -0.4 is 10.2 Å². The summed E-state index contributed by atoms with van der Waals surface area (Å²) in [5, 5.41) is 4.66. The number of rotatable bonds is 4. The zero-order chi connectivity index (χ0) is 16.4. The Morgan fingerprint density at radius 1 is 0.917 bits per heavy atom. The maximum absolute atomic E-state index is 4.85. The number of fused-ring (bicyclic) bond motifs is 1. The van der Waals surface area contributed by atoms with Gasteiger partial charge in [0.25, 0.3) is 0 Å². The molecule has 2 heterocycles. The minimum atomic E-state index is 0.191. The summed E-state index contributed by atoms with van der Waals surface area (Å²) >= 11 is 0. The van der Waals surface area contributed by atoms with Crippen LogP contribution in [0.25, 0.3) is 10.9 Å². The molecule has 1 saturated heterocycles. The second-order valence-corrected chi connectivity index (χ2v) is 6.36. The monoisotopic (exact) mass is 318 g/mol. The normalized spacial score (nSPS) is 15.6. The van der Waals surface area contributed by atoms with Crippen molar-refractivity contribution in [2.24, 2.45) is 0 Å². The summed E-state index contributed by atoms with van der Waals surface area (Å²) in [6.45, 7) is 4.26. The number of nitrogens with zero attached hydrogens (tertiary/aromatic N) is 3.